The molecule has 0 aliphatic carbocycles. The number of aryl methyl sites for hydroxylation is 1. The van der Waals surface area contributed by atoms with Gasteiger partial charge < -0.3 is 18.9 Å². The van der Waals surface area contributed by atoms with Gasteiger partial charge in [-0.1, -0.05) is 0 Å². The second-order valence-electron chi connectivity index (χ2n) is 6.10. The Kier molecular flexibility index (Phi) is 4.44. The van der Waals surface area contributed by atoms with Crippen molar-refractivity contribution < 1.29 is 9.47 Å². The van der Waals surface area contributed by atoms with Crippen molar-refractivity contribution in [2.24, 2.45) is 7.05 Å². The number of hydrogen-bond acceptors (Lipinski definition) is 4. The first-order chi connectivity index (χ1) is 11.5. The molecule has 24 heavy (non-hydrogen) atoms. The summed E-state index contributed by atoms with van der Waals surface area (Å²) in [7, 11) is 7.58. The number of benzene rings is 2. The lowest BCUT2D eigenvalue weighted by Gasteiger charge is -2.14. The molecular weight excluding hydrogens is 304 g/mol. The molecule has 0 bridgehead atoms. The van der Waals surface area contributed by atoms with Gasteiger partial charge in [0, 0.05) is 30.4 Å². The summed E-state index contributed by atoms with van der Waals surface area (Å²) in [5, 5.41) is 1.34. The average molecular weight is 326 g/mol. The minimum Gasteiger partial charge on any atom is -0.497 e. The monoisotopic (exact) mass is 326 g/mol. The van der Waals surface area contributed by atoms with E-state index >= 15 is 0 Å². The minimum absolute atomic E-state index is 0.0110. The second kappa shape index (κ2) is 6.53. The molecule has 5 heteroatoms. The van der Waals surface area contributed by atoms with E-state index in [1.54, 1.807) is 13.2 Å². The van der Waals surface area contributed by atoms with Gasteiger partial charge in [0.25, 0.3) is 0 Å². The zero-order chi connectivity index (χ0) is 17.3. The van der Waals surface area contributed by atoms with Gasteiger partial charge in [-0.2, -0.15) is 0 Å². The number of pyridine rings is 1. The van der Waals surface area contributed by atoms with Crippen molar-refractivity contribution in [3.05, 3.63) is 46.6 Å². The number of nitrogens with zero attached hydrogens (tertiary/aromatic N) is 2. The maximum absolute atomic E-state index is 12.8. The number of likely N-dealkylation sites (N-methyl/N-ethyl adjacent to an activating group) is 1. The van der Waals surface area contributed by atoms with Crippen molar-refractivity contribution in [3.8, 4) is 11.5 Å². The van der Waals surface area contributed by atoms with Crippen molar-refractivity contribution in [2.75, 3.05) is 34.4 Å². The topological polar surface area (TPSA) is 43.7 Å². The first kappa shape index (κ1) is 16.3. The van der Waals surface area contributed by atoms with Crippen molar-refractivity contribution in [1.82, 2.24) is 9.47 Å². The van der Waals surface area contributed by atoms with Crippen LogP contribution in [0.5, 0.6) is 11.5 Å². The van der Waals surface area contributed by atoms with E-state index in [0.717, 1.165) is 23.3 Å². The van der Waals surface area contributed by atoms with Crippen LogP contribution in [0, 0.1) is 0 Å². The molecule has 1 aromatic heterocycles. The first-order valence-electron chi connectivity index (χ1n) is 7.89. The van der Waals surface area contributed by atoms with Crippen LogP contribution in [0.25, 0.3) is 21.8 Å². The molecular formula is C19H22N2O3. The van der Waals surface area contributed by atoms with Crippen molar-refractivity contribution in [2.45, 2.75) is 0 Å². The van der Waals surface area contributed by atoms with Crippen molar-refractivity contribution >= 4 is 21.8 Å². The fourth-order valence-electron chi connectivity index (χ4n) is 2.81. The molecule has 3 rings (SSSR count). The molecule has 0 aliphatic heterocycles. The lowest BCUT2D eigenvalue weighted by atomic mass is 10.1. The molecule has 3 aromatic rings. The van der Waals surface area contributed by atoms with E-state index in [-0.39, 0.29) is 5.43 Å². The fourth-order valence-corrected chi connectivity index (χ4v) is 2.81. The summed E-state index contributed by atoms with van der Waals surface area (Å²) in [5.41, 5.74) is 1.75. The highest BCUT2D eigenvalue weighted by Crippen LogP contribution is 2.24. The third-order valence-electron chi connectivity index (χ3n) is 4.19. The minimum atomic E-state index is 0.0110. The normalized spacial score (nSPS) is 11.4. The molecule has 2 aromatic carbocycles. The Morgan fingerprint density at radius 2 is 1.75 bits per heavy atom. The lowest BCUT2D eigenvalue weighted by molar-refractivity contribution is 0.261. The van der Waals surface area contributed by atoms with Crippen LogP contribution in [-0.4, -0.2) is 43.8 Å². The van der Waals surface area contributed by atoms with Crippen LogP contribution in [0.2, 0.25) is 0 Å². The van der Waals surface area contributed by atoms with E-state index in [1.807, 2.05) is 56.0 Å². The van der Waals surface area contributed by atoms with Crippen LogP contribution in [0.4, 0.5) is 0 Å². The third kappa shape index (κ3) is 2.95. The van der Waals surface area contributed by atoms with Crippen LogP contribution in [0.15, 0.2) is 41.2 Å². The highest BCUT2D eigenvalue weighted by Gasteiger charge is 2.10. The molecule has 0 saturated heterocycles. The van der Waals surface area contributed by atoms with E-state index in [2.05, 4.69) is 4.90 Å². The Morgan fingerprint density at radius 1 is 1.00 bits per heavy atom. The molecule has 0 amide bonds. The van der Waals surface area contributed by atoms with E-state index in [9.17, 15) is 4.79 Å². The Balaban J connectivity index is 2.11. The van der Waals surface area contributed by atoms with Crippen LogP contribution in [-0.2, 0) is 7.05 Å². The summed E-state index contributed by atoms with van der Waals surface area (Å²) >= 11 is 0. The Labute approximate surface area is 141 Å². The highest BCUT2D eigenvalue weighted by atomic mass is 16.5. The summed E-state index contributed by atoms with van der Waals surface area (Å²) in [6, 6.07) is 11.2. The molecule has 0 radical (unpaired) electrons. The summed E-state index contributed by atoms with van der Waals surface area (Å²) in [5.74, 6) is 1.45. The number of ether oxygens (including phenoxy) is 2. The average Bonchev–Trinajstić information content (AvgIpc) is 2.58. The number of rotatable bonds is 5. The van der Waals surface area contributed by atoms with Gasteiger partial charge in [-0.25, -0.2) is 0 Å². The van der Waals surface area contributed by atoms with E-state index in [1.165, 1.54) is 0 Å². The van der Waals surface area contributed by atoms with Gasteiger partial charge in [0.1, 0.15) is 18.1 Å². The van der Waals surface area contributed by atoms with Crippen LogP contribution < -0.4 is 14.9 Å². The van der Waals surface area contributed by atoms with Gasteiger partial charge in [0.05, 0.1) is 18.1 Å². The fraction of sp³-hybridized carbons (Fsp3) is 0.316. The predicted octanol–water partition coefficient (Wildman–Crippen LogP) is 2.64. The van der Waals surface area contributed by atoms with Gasteiger partial charge >= 0.3 is 0 Å². The zero-order valence-corrected chi connectivity index (χ0v) is 14.5. The zero-order valence-electron chi connectivity index (χ0n) is 14.5. The molecule has 0 aliphatic rings. The SMILES string of the molecule is COc1ccc2c(c1)c(=O)c1ccc(OCCN(C)C)cc1n2C. The predicted molar refractivity (Wildman–Crippen MR) is 97.3 cm³/mol. The van der Waals surface area contributed by atoms with E-state index in [4.69, 9.17) is 9.47 Å². The summed E-state index contributed by atoms with van der Waals surface area (Å²) < 4.78 is 13.0. The molecule has 1 heterocycles. The van der Waals surface area contributed by atoms with Crippen molar-refractivity contribution in [3.63, 3.8) is 0 Å². The molecule has 0 atom stereocenters. The van der Waals surface area contributed by atoms with Gasteiger partial charge in [0.15, 0.2) is 5.43 Å². The Hall–Kier alpha value is -2.53. The van der Waals surface area contributed by atoms with E-state index < -0.39 is 0 Å². The van der Waals surface area contributed by atoms with Gasteiger partial charge in [-0.05, 0) is 44.4 Å². The Bertz CT molecular complexity index is 945. The van der Waals surface area contributed by atoms with Gasteiger partial charge in [-0.15, -0.1) is 0 Å². The van der Waals surface area contributed by atoms with Crippen LogP contribution >= 0.6 is 0 Å². The third-order valence-corrected chi connectivity index (χ3v) is 4.19. The molecule has 0 spiro atoms. The highest BCUT2D eigenvalue weighted by molar-refractivity contribution is 5.94. The number of fused-ring (bicyclic) bond motifs is 2. The number of hydrogen-bond donors (Lipinski definition) is 0. The molecule has 0 fully saturated rings. The largest absolute Gasteiger partial charge is 0.497 e. The quantitative estimate of drug-likeness (QED) is 0.676. The van der Waals surface area contributed by atoms with Crippen LogP contribution in [0.1, 0.15) is 0 Å². The number of aromatic nitrogens is 1. The number of methoxy groups -OCH3 is 1. The summed E-state index contributed by atoms with van der Waals surface area (Å²) in [6.45, 7) is 1.45. The molecule has 126 valence electrons. The lowest BCUT2D eigenvalue weighted by Crippen LogP contribution is -2.19. The van der Waals surface area contributed by atoms with E-state index in [0.29, 0.717) is 23.1 Å². The standard InChI is InChI=1S/C19H22N2O3/c1-20(2)9-10-24-14-5-7-15-18(12-14)21(3)17-8-6-13(23-4)11-16(17)19(15)22/h5-8,11-12H,9-10H2,1-4H3. The Morgan fingerprint density at radius 3 is 2.46 bits per heavy atom. The second-order valence-corrected chi connectivity index (χ2v) is 6.10. The maximum Gasteiger partial charge on any atom is 0.197 e. The molecule has 0 unspecified atom stereocenters. The summed E-state index contributed by atoms with van der Waals surface area (Å²) in [6.07, 6.45) is 0. The smallest absolute Gasteiger partial charge is 0.197 e. The molecule has 0 saturated carbocycles. The molecule has 0 N–H and O–H groups in total. The first-order valence-corrected chi connectivity index (χ1v) is 7.89. The van der Waals surface area contributed by atoms with Gasteiger partial charge in [-0.3, -0.25) is 4.79 Å². The summed E-state index contributed by atoms with van der Waals surface area (Å²) in [4.78, 5) is 14.9. The van der Waals surface area contributed by atoms with Crippen LogP contribution in [0.3, 0.4) is 0 Å². The molecule has 5 nitrogen and oxygen atoms in total. The van der Waals surface area contributed by atoms with Gasteiger partial charge in [0.2, 0.25) is 0 Å². The maximum atomic E-state index is 12.8. The van der Waals surface area contributed by atoms with Crippen molar-refractivity contribution in [1.29, 1.82) is 0 Å².